The van der Waals surface area contributed by atoms with Crippen molar-refractivity contribution in [2.45, 2.75) is 25.4 Å². The summed E-state index contributed by atoms with van der Waals surface area (Å²) >= 11 is 0. The summed E-state index contributed by atoms with van der Waals surface area (Å²) in [5.41, 5.74) is 8.96. The molecule has 0 fully saturated rings. The Bertz CT molecular complexity index is 614. The first-order chi connectivity index (χ1) is 11.1. The van der Waals surface area contributed by atoms with Crippen molar-refractivity contribution in [3.8, 4) is 0 Å². The number of hydrogen-bond donors (Lipinski definition) is 2. The smallest absolute Gasteiger partial charge is 0.239 e. The van der Waals surface area contributed by atoms with E-state index >= 15 is 0 Å². The Morgan fingerprint density at radius 3 is 2.61 bits per heavy atom. The van der Waals surface area contributed by atoms with Gasteiger partial charge in [0.1, 0.15) is 6.04 Å². The van der Waals surface area contributed by atoms with E-state index < -0.39 is 6.04 Å². The van der Waals surface area contributed by atoms with E-state index in [0.29, 0.717) is 6.42 Å². The number of methoxy groups -OCH3 is 1. The highest BCUT2D eigenvalue weighted by Crippen LogP contribution is 2.17. The molecule has 23 heavy (non-hydrogen) atoms. The number of hydrogen-bond acceptors (Lipinski definition) is 4. The van der Waals surface area contributed by atoms with Crippen LogP contribution in [0.2, 0.25) is 0 Å². The zero-order chi connectivity index (χ0) is 16.7. The van der Waals surface area contributed by atoms with Gasteiger partial charge >= 0.3 is 0 Å². The van der Waals surface area contributed by atoms with Gasteiger partial charge in [0.2, 0.25) is 5.91 Å². The van der Waals surface area contributed by atoms with Crippen LogP contribution in [0.4, 0.5) is 0 Å². The summed E-state index contributed by atoms with van der Waals surface area (Å²) in [7, 11) is 1.52. The standard InChI is InChI=1S/C18H23N3O2/c1-13-6-8-14(9-7-13)11-17(16-5-3-4-10-20-16)21-18(22)15(19)12-23-2/h3-10,15,17H,11-12,19H2,1-2H3,(H,21,22). The topological polar surface area (TPSA) is 77.2 Å². The number of amides is 1. The monoisotopic (exact) mass is 313 g/mol. The molecule has 0 saturated heterocycles. The molecule has 122 valence electrons. The number of nitrogens with one attached hydrogen (secondary N) is 1. The minimum Gasteiger partial charge on any atom is -0.383 e. The Balaban J connectivity index is 2.15. The predicted molar refractivity (Wildman–Crippen MR) is 89.9 cm³/mol. The first kappa shape index (κ1) is 17.1. The van der Waals surface area contributed by atoms with Gasteiger partial charge in [0.25, 0.3) is 0 Å². The summed E-state index contributed by atoms with van der Waals surface area (Å²) in [5.74, 6) is -0.241. The van der Waals surface area contributed by atoms with Crippen LogP contribution >= 0.6 is 0 Å². The van der Waals surface area contributed by atoms with Gasteiger partial charge in [-0.05, 0) is 31.0 Å². The van der Waals surface area contributed by atoms with E-state index in [-0.39, 0.29) is 18.6 Å². The van der Waals surface area contributed by atoms with E-state index in [2.05, 4.69) is 34.6 Å². The highest BCUT2D eigenvalue weighted by Gasteiger charge is 2.20. The molecule has 0 aliphatic heterocycles. The van der Waals surface area contributed by atoms with Crippen LogP contribution in [0.15, 0.2) is 48.7 Å². The molecule has 0 spiro atoms. The van der Waals surface area contributed by atoms with Crippen LogP contribution in [0, 0.1) is 6.92 Å². The van der Waals surface area contributed by atoms with E-state index in [1.807, 2.05) is 25.1 Å². The molecular weight excluding hydrogens is 290 g/mol. The number of ether oxygens (including phenoxy) is 1. The molecule has 2 rings (SSSR count). The second kappa shape index (κ2) is 8.41. The zero-order valence-electron chi connectivity index (χ0n) is 13.5. The largest absolute Gasteiger partial charge is 0.383 e. The third-order valence-electron chi connectivity index (χ3n) is 3.60. The molecule has 1 aromatic carbocycles. The maximum atomic E-state index is 12.2. The fourth-order valence-corrected chi connectivity index (χ4v) is 2.31. The number of carbonyl (C=O) groups excluding carboxylic acids is 1. The summed E-state index contributed by atoms with van der Waals surface area (Å²) in [4.78, 5) is 16.6. The molecule has 0 aliphatic carbocycles. The molecule has 5 heteroatoms. The number of rotatable bonds is 7. The van der Waals surface area contributed by atoms with Crippen molar-refractivity contribution in [3.63, 3.8) is 0 Å². The fourth-order valence-electron chi connectivity index (χ4n) is 2.31. The summed E-state index contributed by atoms with van der Waals surface area (Å²) in [6, 6.07) is 13.0. The zero-order valence-corrected chi connectivity index (χ0v) is 13.5. The Hall–Kier alpha value is -2.24. The Labute approximate surface area is 136 Å². The maximum Gasteiger partial charge on any atom is 0.239 e. The molecular formula is C18H23N3O2. The minimum absolute atomic E-state index is 0.186. The van der Waals surface area contributed by atoms with Crippen LogP contribution in [0.5, 0.6) is 0 Å². The first-order valence-electron chi connectivity index (χ1n) is 7.61. The summed E-state index contributed by atoms with van der Waals surface area (Å²) in [6.07, 6.45) is 2.38. The number of aryl methyl sites for hydroxylation is 1. The van der Waals surface area contributed by atoms with E-state index in [4.69, 9.17) is 10.5 Å². The molecule has 0 saturated carbocycles. The van der Waals surface area contributed by atoms with Crippen molar-refractivity contribution in [3.05, 3.63) is 65.5 Å². The lowest BCUT2D eigenvalue weighted by Crippen LogP contribution is -2.45. The van der Waals surface area contributed by atoms with Gasteiger partial charge < -0.3 is 15.8 Å². The second-order valence-corrected chi connectivity index (χ2v) is 5.57. The molecule has 2 aromatic rings. The van der Waals surface area contributed by atoms with Crippen molar-refractivity contribution < 1.29 is 9.53 Å². The number of carbonyl (C=O) groups is 1. The van der Waals surface area contributed by atoms with Crippen molar-refractivity contribution in [2.24, 2.45) is 5.73 Å². The molecule has 2 unspecified atom stereocenters. The minimum atomic E-state index is -0.691. The second-order valence-electron chi connectivity index (χ2n) is 5.57. The molecule has 1 aromatic heterocycles. The SMILES string of the molecule is COCC(N)C(=O)NC(Cc1ccc(C)cc1)c1ccccn1. The highest BCUT2D eigenvalue weighted by atomic mass is 16.5. The van der Waals surface area contributed by atoms with Gasteiger partial charge in [-0.25, -0.2) is 0 Å². The van der Waals surface area contributed by atoms with Crippen LogP contribution in [-0.2, 0) is 16.0 Å². The molecule has 3 N–H and O–H groups in total. The van der Waals surface area contributed by atoms with Crippen molar-refractivity contribution in [2.75, 3.05) is 13.7 Å². The van der Waals surface area contributed by atoms with E-state index in [1.165, 1.54) is 12.7 Å². The first-order valence-corrected chi connectivity index (χ1v) is 7.61. The Morgan fingerprint density at radius 2 is 2.00 bits per heavy atom. The van der Waals surface area contributed by atoms with Crippen molar-refractivity contribution in [1.29, 1.82) is 0 Å². The fraction of sp³-hybridized carbons (Fsp3) is 0.333. The normalized spacial score (nSPS) is 13.3. The third-order valence-corrected chi connectivity index (χ3v) is 3.60. The summed E-state index contributed by atoms with van der Waals surface area (Å²) in [6.45, 7) is 2.23. The van der Waals surface area contributed by atoms with Crippen LogP contribution in [0.3, 0.4) is 0 Å². The van der Waals surface area contributed by atoms with E-state index in [0.717, 1.165) is 11.3 Å². The van der Waals surface area contributed by atoms with Gasteiger partial charge in [0.05, 0.1) is 18.3 Å². The Kier molecular flexibility index (Phi) is 6.26. The Morgan fingerprint density at radius 1 is 1.26 bits per heavy atom. The van der Waals surface area contributed by atoms with Crippen LogP contribution in [0.1, 0.15) is 22.9 Å². The average Bonchev–Trinajstić information content (AvgIpc) is 2.57. The number of nitrogens with zero attached hydrogens (tertiary/aromatic N) is 1. The van der Waals surface area contributed by atoms with Crippen LogP contribution < -0.4 is 11.1 Å². The van der Waals surface area contributed by atoms with Gasteiger partial charge in [-0.3, -0.25) is 9.78 Å². The number of pyridine rings is 1. The predicted octanol–water partition coefficient (Wildman–Crippen LogP) is 1.76. The third kappa shape index (κ3) is 5.16. The number of aromatic nitrogens is 1. The highest BCUT2D eigenvalue weighted by molar-refractivity contribution is 5.82. The lowest BCUT2D eigenvalue weighted by molar-refractivity contribution is -0.124. The van der Waals surface area contributed by atoms with E-state index in [9.17, 15) is 4.79 Å². The molecule has 2 atom stereocenters. The van der Waals surface area contributed by atoms with E-state index in [1.54, 1.807) is 6.20 Å². The van der Waals surface area contributed by atoms with Gasteiger partial charge in [-0.2, -0.15) is 0 Å². The molecule has 0 aliphatic rings. The lowest BCUT2D eigenvalue weighted by atomic mass is 10.0. The molecule has 0 bridgehead atoms. The quantitative estimate of drug-likeness (QED) is 0.816. The summed E-state index contributed by atoms with van der Waals surface area (Å²) in [5, 5.41) is 2.97. The van der Waals surface area contributed by atoms with Gasteiger partial charge in [-0.15, -0.1) is 0 Å². The number of nitrogens with two attached hydrogens (primary N) is 1. The maximum absolute atomic E-state index is 12.2. The van der Waals surface area contributed by atoms with Gasteiger partial charge in [-0.1, -0.05) is 35.9 Å². The lowest BCUT2D eigenvalue weighted by Gasteiger charge is -2.21. The average molecular weight is 313 g/mol. The van der Waals surface area contributed by atoms with Gasteiger partial charge in [0.15, 0.2) is 0 Å². The number of benzene rings is 1. The van der Waals surface area contributed by atoms with Crippen LogP contribution in [0.25, 0.3) is 0 Å². The molecule has 1 amide bonds. The van der Waals surface area contributed by atoms with Crippen molar-refractivity contribution in [1.82, 2.24) is 10.3 Å². The summed E-state index contributed by atoms with van der Waals surface area (Å²) < 4.78 is 4.94. The van der Waals surface area contributed by atoms with Gasteiger partial charge in [0, 0.05) is 13.3 Å². The molecule has 5 nitrogen and oxygen atoms in total. The molecule has 0 radical (unpaired) electrons. The van der Waals surface area contributed by atoms with Crippen LogP contribution in [-0.4, -0.2) is 30.6 Å². The molecule has 1 heterocycles. The van der Waals surface area contributed by atoms with Crippen molar-refractivity contribution >= 4 is 5.91 Å².